The van der Waals surface area contributed by atoms with Gasteiger partial charge in [0.05, 0.1) is 12.1 Å². The number of para-hydroxylation sites is 1. The summed E-state index contributed by atoms with van der Waals surface area (Å²) >= 11 is 0. The number of aliphatic hydroxyl groups is 1. The van der Waals surface area contributed by atoms with Crippen LogP contribution in [0.15, 0.2) is 59.5 Å². The van der Waals surface area contributed by atoms with Crippen molar-refractivity contribution >= 4 is 28.6 Å². The number of carbonyl (C=O) groups excluding carboxylic acids is 1. The number of rotatable bonds is 4. The lowest BCUT2D eigenvalue weighted by Crippen LogP contribution is -2.26. The molecule has 0 saturated carbocycles. The molecule has 0 aliphatic rings. The predicted molar refractivity (Wildman–Crippen MR) is 106 cm³/mol. The van der Waals surface area contributed by atoms with Crippen LogP contribution < -0.4 is 10.7 Å². The smallest absolute Gasteiger partial charge is 0.341 e. The van der Waals surface area contributed by atoms with Crippen molar-refractivity contribution in [2.24, 2.45) is 0 Å². The van der Waals surface area contributed by atoms with Gasteiger partial charge in [-0.15, -0.1) is 0 Å². The summed E-state index contributed by atoms with van der Waals surface area (Å²) in [5.74, 6) is -1.40. The number of anilines is 1. The van der Waals surface area contributed by atoms with E-state index in [1.165, 1.54) is 6.07 Å². The molecule has 0 unspecified atom stereocenters. The summed E-state index contributed by atoms with van der Waals surface area (Å²) in [6.45, 7) is 3.79. The highest BCUT2D eigenvalue weighted by Crippen LogP contribution is 2.24. The van der Waals surface area contributed by atoms with Gasteiger partial charge in [-0.2, -0.15) is 0 Å². The minimum absolute atomic E-state index is 0.0138. The van der Waals surface area contributed by atoms with Crippen LogP contribution >= 0.6 is 0 Å². The number of pyridine rings is 1. The quantitative estimate of drug-likeness (QED) is 0.645. The number of carboxylic acids is 1. The number of aliphatic hydroxyl groups excluding tert-OH is 1. The van der Waals surface area contributed by atoms with Gasteiger partial charge in [0.2, 0.25) is 5.43 Å². The van der Waals surface area contributed by atoms with Crippen LogP contribution in [0, 0.1) is 0 Å². The first-order chi connectivity index (χ1) is 13.2. The Bertz CT molecular complexity index is 1110. The zero-order valence-electron chi connectivity index (χ0n) is 15.5. The van der Waals surface area contributed by atoms with Gasteiger partial charge in [0.1, 0.15) is 5.56 Å². The maximum absolute atomic E-state index is 12.8. The van der Waals surface area contributed by atoms with Crippen LogP contribution in [0.25, 0.3) is 10.9 Å². The molecule has 0 bridgehead atoms. The number of carbonyl (C=O) groups is 2. The van der Waals surface area contributed by atoms with E-state index in [1.807, 2.05) is 13.8 Å². The summed E-state index contributed by atoms with van der Waals surface area (Å²) in [5, 5.41) is 21.6. The highest BCUT2D eigenvalue weighted by molar-refractivity contribution is 6.00. The number of fused-ring (bicyclic) bond motifs is 1. The van der Waals surface area contributed by atoms with Crippen molar-refractivity contribution in [1.82, 2.24) is 4.57 Å². The number of aromatic nitrogens is 1. The van der Waals surface area contributed by atoms with Gasteiger partial charge in [0, 0.05) is 22.7 Å². The number of aromatic carboxylic acids is 1. The van der Waals surface area contributed by atoms with Crippen LogP contribution in [0.4, 0.5) is 10.5 Å². The van der Waals surface area contributed by atoms with E-state index >= 15 is 0 Å². The fraction of sp³-hybridized carbons (Fsp3) is 0.190. The fourth-order valence-corrected chi connectivity index (χ4v) is 2.88. The standard InChI is InChI=1S/C21H20N2O5/c1-21(2,12-24)13-7-9-14(10-8-13)22-20(28)23-11-16(19(26)27)18(25)15-5-3-4-6-17(15)23/h3-11,24H,12H2,1-2H3,(H,22,28)(H,26,27). The van der Waals surface area contributed by atoms with E-state index in [0.29, 0.717) is 11.2 Å². The molecule has 28 heavy (non-hydrogen) atoms. The molecule has 7 heteroatoms. The van der Waals surface area contributed by atoms with Gasteiger partial charge in [0.25, 0.3) is 0 Å². The third kappa shape index (κ3) is 3.52. The molecule has 3 rings (SSSR count). The molecule has 1 heterocycles. The summed E-state index contributed by atoms with van der Waals surface area (Å²) in [6, 6.07) is 12.8. The van der Waals surface area contributed by atoms with E-state index in [-0.39, 0.29) is 12.0 Å². The zero-order chi connectivity index (χ0) is 20.5. The topological polar surface area (TPSA) is 109 Å². The Hall–Kier alpha value is -3.45. The van der Waals surface area contributed by atoms with E-state index in [4.69, 9.17) is 0 Å². The van der Waals surface area contributed by atoms with Gasteiger partial charge in [-0.3, -0.25) is 9.36 Å². The molecule has 0 saturated heterocycles. The number of hydrogen-bond donors (Lipinski definition) is 3. The van der Waals surface area contributed by atoms with Crippen LogP contribution in [0.2, 0.25) is 0 Å². The summed E-state index contributed by atoms with van der Waals surface area (Å²) in [6.07, 6.45) is 1.03. The molecule has 0 aliphatic carbocycles. The van der Waals surface area contributed by atoms with Gasteiger partial charge < -0.3 is 15.5 Å². The van der Waals surface area contributed by atoms with Crippen LogP contribution in [0.1, 0.15) is 29.8 Å². The highest BCUT2D eigenvalue weighted by atomic mass is 16.4. The first kappa shape index (κ1) is 19.3. The third-order valence-corrected chi connectivity index (χ3v) is 4.67. The Morgan fingerprint density at radius 1 is 1.07 bits per heavy atom. The molecule has 0 atom stereocenters. The fourth-order valence-electron chi connectivity index (χ4n) is 2.88. The Morgan fingerprint density at radius 2 is 1.71 bits per heavy atom. The number of hydrogen-bond acceptors (Lipinski definition) is 4. The van der Waals surface area contributed by atoms with Gasteiger partial charge in [-0.05, 0) is 29.8 Å². The average molecular weight is 380 g/mol. The normalized spacial score (nSPS) is 11.4. The summed E-state index contributed by atoms with van der Waals surface area (Å²) < 4.78 is 1.12. The second-order valence-corrected chi connectivity index (χ2v) is 7.11. The monoisotopic (exact) mass is 380 g/mol. The van der Waals surface area contributed by atoms with Crippen LogP contribution in [0.5, 0.6) is 0 Å². The van der Waals surface area contributed by atoms with Crippen LogP contribution in [0.3, 0.4) is 0 Å². The van der Waals surface area contributed by atoms with Gasteiger partial charge in [0.15, 0.2) is 0 Å². The molecule has 1 aromatic heterocycles. The number of nitrogens with one attached hydrogen (secondary N) is 1. The molecule has 1 amide bonds. The Morgan fingerprint density at radius 3 is 2.32 bits per heavy atom. The van der Waals surface area contributed by atoms with Crippen molar-refractivity contribution in [2.45, 2.75) is 19.3 Å². The molecule has 0 aliphatic heterocycles. The number of amides is 1. The number of carboxylic acid groups (broad SMARTS) is 1. The van der Waals surface area contributed by atoms with E-state index in [0.717, 1.165) is 16.3 Å². The lowest BCUT2D eigenvalue weighted by molar-refractivity contribution is 0.0695. The molecular formula is C21H20N2O5. The largest absolute Gasteiger partial charge is 0.477 e. The van der Waals surface area contributed by atoms with Crippen molar-refractivity contribution in [3.05, 3.63) is 76.1 Å². The molecule has 7 nitrogen and oxygen atoms in total. The van der Waals surface area contributed by atoms with Crippen molar-refractivity contribution in [1.29, 1.82) is 0 Å². The second-order valence-electron chi connectivity index (χ2n) is 7.11. The van der Waals surface area contributed by atoms with Crippen molar-refractivity contribution in [3.8, 4) is 0 Å². The van der Waals surface area contributed by atoms with Crippen molar-refractivity contribution in [3.63, 3.8) is 0 Å². The molecule has 0 fully saturated rings. The average Bonchev–Trinajstić information content (AvgIpc) is 2.68. The van der Waals surface area contributed by atoms with Gasteiger partial charge in [-0.1, -0.05) is 38.1 Å². The molecule has 0 radical (unpaired) electrons. The first-order valence-corrected chi connectivity index (χ1v) is 8.65. The second kappa shape index (κ2) is 7.28. The minimum atomic E-state index is -1.40. The summed E-state index contributed by atoms with van der Waals surface area (Å²) in [5.41, 5.74) is 0.204. The number of nitrogens with zero attached hydrogens (tertiary/aromatic N) is 1. The zero-order valence-corrected chi connectivity index (χ0v) is 15.5. The van der Waals surface area contributed by atoms with E-state index in [2.05, 4.69) is 5.32 Å². The van der Waals surface area contributed by atoms with E-state index in [1.54, 1.807) is 42.5 Å². The summed E-state index contributed by atoms with van der Waals surface area (Å²) in [4.78, 5) is 36.5. The Labute approximate surface area is 160 Å². The van der Waals surface area contributed by atoms with E-state index in [9.17, 15) is 24.6 Å². The first-order valence-electron chi connectivity index (χ1n) is 8.65. The predicted octanol–water partition coefficient (Wildman–Crippen LogP) is 3.05. The maximum atomic E-state index is 12.8. The molecule has 3 N–H and O–H groups in total. The van der Waals surface area contributed by atoms with Crippen molar-refractivity contribution < 1.29 is 19.8 Å². The van der Waals surface area contributed by atoms with Gasteiger partial charge in [-0.25, -0.2) is 9.59 Å². The van der Waals surface area contributed by atoms with Crippen LogP contribution in [-0.2, 0) is 5.41 Å². The summed E-state index contributed by atoms with van der Waals surface area (Å²) in [7, 11) is 0. The van der Waals surface area contributed by atoms with Gasteiger partial charge >= 0.3 is 12.0 Å². The molecule has 0 spiro atoms. The van der Waals surface area contributed by atoms with Crippen LogP contribution in [-0.4, -0.2) is 33.4 Å². The van der Waals surface area contributed by atoms with E-state index < -0.39 is 28.4 Å². The molecule has 144 valence electrons. The molecular weight excluding hydrogens is 360 g/mol. The highest BCUT2D eigenvalue weighted by Gasteiger charge is 2.20. The maximum Gasteiger partial charge on any atom is 0.341 e. The molecule has 3 aromatic rings. The molecule has 2 aromatic carbocycles. The lowest BCUT2D eigenvalue weighted by atomic mass is 9.86. The lowest BCUT2D eigenvalue weighted by Gasteiger charge is -2.22. The van der Waals surface area contributed by atoms with Crippen molar-refractivity contribution in [2.75, 3.05) is 11.9 Å². The third-order valence-electron chi connectivity index (χ3n) is 4.67. The SMILES string of the molecule is CC(C)(CO)c1ccc(NC(=O)n2cc(C(=O)O)c(=O)c3ccccc32)cc1. The Kier molecular flexibility index (Phi) is 5.02. The number of benzene rings is 2. The Balaban J connectivity index is 1.99. The minimum Gasteiger partial charge on any atom is -0.477 e.